The summed E-state index contributed by atoms with van der Waals surface area (Å²) in [7, 11) is 0. The maximum absolute atomic E-state index is 12.3. The fourth-order valence-electron chi connectivity index (χ4n) is 2.75. The molecule has 1 fully saturated rings. The van der Waals surface area contributed by atoms with Crippen molar-refractivity contribution in [1.29, 1.82) is 0 Å². The van der Waals surface area contributed by atoms with Crippen molar-refractivity contribution in [3.63, 3.8) is 0 Å². The van der Waals surface area contributed by atoms with E-state index < -0.39 is 6.36 Å². The molecule has 2 nitrogen and oxygen atoms in total. The quantitative estimate of drug-likeness (QED) is 0.759. The van der Waals surface area contributed by atoms with Gasteiger partial charge in [-0.05, 0) is 30.9 Å². The van der Waals surface area contributed by atoms with Gasteiger partial charge in [-0.3, -0.25) is 4.79 Å². The molecule has 0 aliphatic heterocycles. The Labute approximate surface area is 115 Å². The van der Waals surface area contributed by atoms with E-state index in [-0.39, 0.29) is 17.5 Å². The Balaban J connectivity index is 2.12. The van der Waals surface area contributed by atoms with Gasteiger partial charge in [0.05, 0.1) is 0 Å². The van der Waals surface area contributed by atoms with Gasteiger partial charge < -0.3 is 4.74 Å². The maximum atomic E-state index is 12.3. The van der Waals surface area contributed by atoms with E-state index in [4.69, 9.17) is 0 Å². The smallest absolute Gasteiger partial charge is 0.406 e. The highest BCUT2D eigenvalue weighted by atomic mass is 19.4. The van der Waals surface area contributed by atoms with Crippen LogP contribution in [-0.4, -0.2) is 12.1 Å². The predicted molar refractivity (Wildman–Crippen MR) is 68.6 cm³/mol. The normalized spacial score (nSPS) is 23.4. The van der Waals surface area contributed by atoms with Gasteiger partial charge in [0.1, 0.15) is 5.75 Å². The van der Waals surface area contributed by atoms with Crippen LogP contribution in [0.15, 0.2) is 24.3 Å². The van der Waals surface area contributed by atoms with Crippen molar-refractivity contribution in [1.82, 2.24) is 0 Å². The van der Waals surface area contributed by atoms with Crippen molar-refractivity contribution in [2.45, 2.75) is 39.0 Å². The van der Waals surface area contributed by atoms with E-state index >= 15 is 0 Å². The van der Waals surface area contributed by atoms with E-state index in [2.05, 4.69) is 11.7 Å². The molecule has 5 heteroatoms. The standard InChI is InChI=1S/C15H17F3O2/c1-10-4-2-5-11(8-10)14(19)12-6-3-7-13(9-12)20-15(16,17)18/h3,6-7,9-11H,2,4-5,8H2,1H3. The summed E-state index contributed by atoms with van der Waals surface area (Å²) in [5, 5.41) is 0. The Hall–Kier alpha value is -1.52. The lowest BCUT2D eigenvalue weighted by Crippen LogP contribution is -2.22. The van der Waals surface area contributed by atoms with Gasteiger partial charge in [-0.15, -0.1) is 13.2 Å². The molecular weight excluding hydrogens is 269 g/mol. The molecule has 20 heavy (non-hydrogen) atoms. The Bertz CT molecular complexity index is 482. The molecule has 0 heterocycles. The molecule has 0 radical (unpaired) electrons. The molecule has 0 saturated heterocycles. The highest BCUT2D eigenvalue weighted by Gasteiger charge is 2.32. The molecule has 1 aliphatic carbocycles. The third kappa shape index (κ3) is 3.99. The summed E-state index contributed by atoms with van der Waals surface area (Å²) in [6, 6.07) is 5.34. The van der Waals surface area contributed by atoms with E-state index in [1.807, 2.05) is 0 Å². The van der Waals surface area contributed by atoms with Crippen molar-refractivity contribution >= 4 is 5.78 Å². The van der Waals surface area contributed by atoms with E-state index in [0.717, 1.165) is 25.7 Å². The zero-order valence-corrected chi connectivity index (χ0v) is 11.2. The van der Waals surface area contributed by atoms with Crippen LogP contribution in [0.3, 0.4) is 0 Å². The first kappa shape index (κ1) is 14.9. The van der Waals surface area contributed by atoms with Crippen LogP contribution in [-0.2, 0) is 0 Å². The third-order valence-corrected chi connectivity index (χ3v) is 3.66. The minimum Gasteiger partial charge on any atom is -0.406 e. The van der Waals surface area contributed by atoms with Gasteiger partial charge in [0.25, 0.3) is 0 Å². The molecule has 1 saturated carbocycles. The number of ketones is 1. The SMILES string of the molecule is CC1CCCC(C(=O)c2cccc(OC(F)(F)F)c2)C1. The summed E-state index contributed by atoms with van der Waals surface area (Å²) < 4.78 is 40.4. The molecule has 1 aromatic rings. The van der Waals surface area contributed by atoms with Crippen LogP contribution in [0.1, 0.15) is 43.0 Å². The molecule has 2 unspecified atom stereocenters. The number of carbonyl (C=O) groups excluding carboxylic acids is 1. The number of carbonyl (C=O) groups is 1. The molecule has 0 amide bonds. The van der Waals surface area contributed by atoms with Crippen LogP contribution in [0.2, 0.25) is 0 Å². The summed E-state index contributed by atoms with van der Waals surface area (Å²) in [6.07, 6.45) is -1.00. The third-order valence-electron chi connectivity index (χ3n) is 3.66. The molecule has 0 N–H and O–H groups in total. The first-order valence-electron chi connectivity index (χ1n) is 6.75. The number of Topliss-reactive ketones (excluding diaryl/α,β-unsaturated/α-hetero) is 1. The van der Waals surface area contributed by atoms with E-state index in [9.17, 15) is 18.0 Å². The summed E-state index contributed by atoms with van der Waals surface area (Å²) in [6.45, 7) is 2.10. The molecule has 110 valence electrons. The van der Waals surface area contributed by atoms with Gasteiger partial charge >= 0.3 is 6.36 Å². The van der Waals surface area contributed by atoms with Crippen molar-refractivity contribution in [3.8, 4) is 5.75 Å². The molecule has 1 aliphatic rings. The molecular formula is C15H17F3O2. The van der Waals surface area contributed by atoms with E-state index in [0.29, 0.717) is 11.5 Å². The maximum Gasteiger partial charge on any atom is 0.573 e. The van der Waals surface area contributed by atoms with Gasteiger partial charge in [0, 0.05) is 11.5 Å². The van der Waals surface area contributed by atoms with Crippen molar-refractivity contribution in [2.24, 2.45) is 11.8 Å². The van der Waals surface area contributed by atoms with Gasteiger partial charge in [-0.1, -0.05) is 31.9 Å². The number of benzene rings is 1. The Kier molecular flexibility index (Phi) is 4.35. The fourth-order valence-corrected chi connectivity index (χ4v) is 2.75. The topological polar surface area (TPSA) is 26.3 Å². The number of halogens is 3. The van der Waals surface area contributed by atoms with Crippen LogP contribution in [0, 0.1) is 11.8 Å². The predicted octanol–water partition coefficient (Wildman–Crippen LogP) is 4.59. The van der Waals surface area contributed by atoms with Gasteiger partial charge in [0.15, 0.2) is 5.78 Å². The monoisotopic (exact) mass is 286 g/mol. The molecule has 2 rings (SSSR count). The van der Waals surface area contributed by atoms with Gasteiger partial charge in [0.2, 0.25) is 0 Å². The zero-order chi connectivity index (χ0) is 14.8. The van der Waals surface area contributed by atoms with Crippen LogP contribution in [0.4, 0.5) is 13.2 Å². The molecule has 2 atom stereocenters. The highest BCUT2D eigenvalue weighted by Crippen LogP contribution is 2.32. The van der Waals surface area contributed by atoms with E-state index in [1.54, 1.807) is 6.07 Å². The van der Waals surface area contributed by atoms with E-state index in [1.165, 1.54) is 18.2 Å². The Morgan fingerprint density at radius 1 is 1.30 bits per heavy atom. The molecule has 0 aromatic heterocycles. The minimum atomic E-state index is -4.74. The Morgan fingerprint density at radius 3 is 2.70 bits per heavy atom. The molecule has 0 bridgehead atoms. The lowest BCUT2D eigenvalue weighted by atomic mass is 9.79. The molecule has 1 aromatic carbocycles. The van der Waals surface area contributed by atoms with Crippen LogP contribution in [0.5, 0.6) is 5.75 Å². The van der Waals surface area contributed by atoms with Crippen LogP contribution in [0.25, 0.3) is 0 Å². The fraction of sp³-hybridized carbons (Fsp3) is 0.533. The highest BCUT2D eigenvalue weighted by molar-refractivity contribution is 5.98. The van der Waals surface area contributed by atoms with Crippen LogP contribution < -0.4 is 4.74 Å². The average molecular weight is 286 g/mol. The van der Waals surface area contributed by atoms with Gasteiger partial charge in [-0.2, -0.15) is 0 Å². The number of rotatable bonds is 3. The first-order valence-corrected chi connectivity index (χ1v) is 6.75. The number of hydrogen-bond acceptors (Lipinski definition) is 2. The summed E-state index contributed by atoms with van der Waals surface area (Å²) in [5.41, 5.74) is 0.297. The van der Waals surface area contributed by atoms with Crippen LogP contribution >= 0.6 is 0 Å². The second-order valence-corrected chi connectivity index (χ2v) is 5.41. The average Bonchev–Trinajstić information content (AvgIpc) is 2.36. The molecule has 0 spiro atoms. The largest absolute Gasteiger partial charge is 0.573 e. The second kappa shape index (κ2) is 5.85. The number of ether oxygens (including phenoxy) is 1. The number of hydrogen-bond donors (Lipinski definition) is 0. The zero-order valence-electron chi connectivity index (χ0n) is 11.2. The Morgan fingerprint density at radius 2 is 2.05 bits per heavy atom. The van der Waals surface area contributed by atoms with Crippen molar-refractivity contribution < 1.29 is 22.7 Å². The second-order valence-electron chi connectivity index (χ2n) is 5.41. The first-order chi connectivity index (χ1) is 9.35. The van der Waals surface area contributed by atoms with Crippen molar-refractivity contribution in [3.05, 3.63) is 29.8 Å². The summed E-state index contributed by atoms with van der Waals surface area (Å²) >= 11 is 0. The lowest BCUT2D eigenvalue weighted by molar-refractivity contribution is -0.274. The van der Waals surface area contributed by atoms with Crippen molar-refractivity contribution in [2.75, 3.05) is 0 Å². The summed E-state index contributed by atoms with van der Waals surface area (Å²) in [5.74, 6) is -0.0106. The minimum absolute atomic E-state index is 0.0795. The number of alkyl halides is 3. The summed E-state index contributed by atoms with van der Waals surface area (Å²) in [4.78, 5) is 12.3. The lowest BCUT2D eigenvalue weighted by Gasteiger charge is -2.25. The van der Waals surface area contributed by atoms with Gasteiger partial charge in [-0.25, -0.2) is 0 Å².